The Kier molecular flexibility index (Phi) is 3.21. The van der Waals surface area contributed by atoms with Crippen LogP contribution >= 0.6 is 0 Å². The first-order valence-corrected chi connectivity index (χ1v) is 6.27. The standard InChI is InChI=1S/C16H14N2O2/c1-19-15-14-12(11-7-4-3-5-8-11)9-6-10-13(14)17-16(18-15)20-2/h3-10H,1-2H3. The fraction of sp³-hybridized carbons (Fsp3) is 0.125. The largest absolute Gasteiger partial charge is 0.480 e. The van der Waals surface area contributed by atoms with Crippen LogP contribution in [0.4, 0.5) is 0 Å². The average Bonchev–Trinajstić information content (AvgIpc) is 2.53. The summed E-state index contributed by atoms with van der Waals surface area (Å²) in [5, 5.41) is 0.891. The molecule has 0 unspecified atom stereocenters. The van der Waals surface area contributed by atoms with Crippen LogP contribution < -0.4 is 9.47 Å². The highest BCUT2D eigenvalue weighted by Crippen LogP contribution is 2.34. The van der Waals surface area contributed by atoms with Crippen molar-refractivity contribution in [2.75, 3.05) is 14.2 Å². The van der Waals surface area contributed by atoms with Gasteiger partial charge in [0, 0.05) is 0 Å². The van der Waals surface area contributed by atoms with Crippen molar-refractivity contribution in [3.63, 3.8) is 0 Å². The van der Waals surface area contributed by atoms with Gasteiger partial charge in [-0.3, -0.25) is 0 Å². The lowest BCUT2D eigenvalue weighted by Gasteiger charge is -2.10. The van der Waals surface area contributed by atoms with Gasteiger partial charge in [-0.2, -0.15) is 9.97 Å². The summed E-state index contributed by atoms with van der Waals surface area (Å²) < 4.78 is 10.5. The summed E-state index contributed by atoms with van der Waals surface area (Å²) in [5.74, 6) is 0.520. The van der Waals surface area contributed by atoms with Crippen molar-refractivity contribution in [2.45, 2.75) is 0 Å². The first-order valence-electron chi connectivity index (χ1n) is 6.27. The minimum absolute atomic E-state index is 0.305. The molecule has 0 aliphatic rings. The van der Waals surface area contributed by atoms with E-state index in [1.54, 1.807) is 14.2 Å². The number of hydrogen-bond donors (Lipinski definition) is 0. The number of aromatic nitrogens is 2. The fourth-order valence-corrected chi connectivity index (χ4v) is 2.23. The number of fused-ring (bicyclic) bond motifs is 1. The third-order valence-electron chi connectivity index (χ3n) is 3.13. The first-order chi connectivity index (χ1) is 9.83. The van der Waals surface area contributed by atoms with Crippen LogP contribution in [0.2, 0.25) is 0 Å². The fourth-order valence-electron chi connectivity index (χ4n) is 2.23. The molecule has 2 aromatic carbocycles. The topological polar surface area (TPSA) is 44.2 Å². The second kappa shape index (κ2) is 5.17. The highest BCUT2D eigenvalue weighted by atomic mass is 16.5. The lowest BCUT2D eigenvalue weighted by molar-refractivity contribution is 0.357. The van der Waals surface area contributed by atoms with Crippen LogP contribution in [0.1, 0.15) is 0 Å². The number of hydrogen-bond acceptors (Lipinski definition) is 4. The number of ether oxygens (including phenoxy) is 2. The van der Waals surface area contributed by atoms with Gasteiger partial charge in [0.05, 0.1) is 25.1 Å². The predicted molar refractivity (Wildman–Crippen MR) is 78.1 cm³/mol. The maximum absolute atomic E-state index is 5.40. The van der Waals surface area contributed by atoms with Crippen LogP contribution in [-0.2, 0) is 0 Å². The number of methoxy groups -OCH3 is 2. The Morgan fingerprint density at radius 3 is 2.30 bits per heavy atom. The van der Waals surface area contributed by atoms with Gasteiger partial charge in [-0.25, -0.2) is 0 Å². The Bertz CT molecular complexity index is 742. The van der Waals surface area contributed by atoms with Crippen molar-refractivity contribution >= 4 is 10.9 Å². The molecule has 3 aromatic rings. The molecule has 0 saturated carbocycles. The molecule has 4 heteroatoms. The van der Waals surface area contributed by atoms with Gasteiger partial charge >= 0.3 is 6.01 Å². The monoisotopic (exact) mass is 266 g/mol. The maximum Gasteiger partial charge on any atom is 0.320 e. The smallest absolute Gasteiger partial charge is 0.320 e. The van der Waals surface area contributed by atoms with E-state index in [4.69, 9.17) is 9.47 Å². The molecule has 1 heterocycles. The van der Waals surface area contributed by atoms with Gasteiger partial charge in [-0.15, -0.1) is 0 Å². The normalized spacial score (nSPS) is 10.5. The zero-order chi connectivity index (χ0) is 13.9. The molecule has 0 aliphatic carbocycles. The van der Waals surface area contributed by atoms with Crippen molar-refractivity contribution in [1.82, 2.24) is 9.97 Å². The molecule has 0 spiro atoms. The Morgan fingerprint density at radius 1 is 0.800 bits per heavy atom. The lowest BCUT2D eigenvalue weighted by atomic mass is 10.0. The van der Waals surface area contributed by atoms with Crippen LogP contribution in [-0.4, -0.2) is 24.2 Å². The molecular formula is C16H14N2O2. The van der Waals surface area contributed by atoms with Gasteiger partial charge < -0.3 is 9.47 Å². The minimum Gasteiger partial charge on any atom is -0.480 e. The van der Waals surface area contributed by atoms with E-state index in [0.29, 0.717) is 11.9 Å². The molecule has 4 nitrogen and oxygen atoms in total. The van der Waals surface area contributed by atoms with Gasteiger partial charge in [0.15, 0.2) is 0 Å². The van der Waals surface area contributed by atoms with Crippen LogP contribution in [0.25, 0.3) is 22.0 Å². The summed E-state index contributed by atoms with van der Waals surface area (Å²) in [7, 11) is 3.14. The summed E-state index contributed by atoms with van der Waals surface area (Å²) in [6.07, 6.45) is 0. The van der Waals surface area contributed by atoms with Crippen LogP contribution in [0.5, 0.6) is 11.9 Å². The van der Waals surface area contributed by atoms with Gasteiger partial charge in [-0.1, -0.05) is 42.5 Å². The summed E-state index contributed by atoms with van der Waals surface area (Å²) in [5.41, 5.74) is 2.95. The number of nitrogens with zero attached hydrogens (tertiary/aromatic N) is 2. The quantitative estimate of drug-likeness (QED) is 0.729. The zero-order valence-electron chi connectivity index (χ0n) is 11.3. The van der Waals surface area contributed by atoms with E-state index in [9.17, 15) is 0 Å². The molecule has 100 valence electrons. The van der Waals surface area contributed by atoms with E-state index in [2.05, 4.69) is 22.1 Å². The Morgan fingerprint density at radius 2 is 1.60 bits per heavy atom. The molecule has 0 bridgehead atoms. The van der Waals surface area contributed by atoms with Gasteiger partial charge in [0.1, 0.15) is 0 Å². The zero-order valence-corrected chi connectivity index (χ0v) is 11.3. The van der Waals surface area contributed by atoms with Crippen LogP contribution in [0.15, 0.2) is 48.5 Å². The summed E-state index contributed by atoms with van der Waals surface area (Å²) in [6, 6.07) is 16.3. The molecule has 20 heavy (non-hydrogen) atoms. The summed E-state index contributed by atoms with van der Waals surface area (Å²) in [6.45, 7) is 0. The first kappa shape index (κ1) is 12.4. The SMILES string of the molecule is COc1nc(OC)c2c(-c3ccccc3)cccc2n1. The minimum atomic E-state index is 0.305. The third kappa shape index (κ3) is 2.05. The maximum atomic E-state index is 5.40. The van der Waals surface area contributed by atoms with E-state index >= 15 is 0 Å². The van der Waals surface area contributed by atoms with E-state index in [0.717, 1.165) is 22.0 Å². The molecule has 0 atom stereocenters. The van der Waals surface area contributed by atoms with Crippen molar-refractivity contribution < 1.29 is 9.47 Å². The van der Waals surface area contributed by atoms with Gasteiger partial charge in [0.25, 0.3) is 0 Å². The van der Waals surface area contributed by atoms with Crippen molar-refractivity contribution in [3.8, 4) is 23.0 Å². The average molecular weight is 266 g/mol. The Labute approximate surface area is 117 Å². The number of benzene rings is 2. The molecule has 1 aromatic heterocycles. The predicted octanol–water partition coefficient (Wildman–Crippen LogP) is 3.31. The van der Waals surface area contributed by atoms with E-state index in [1.165, 1.54) is 0 Å². The molecule has 0 radical (unpaired) electrons. The second-order valence-corrected chi connectivity index (χ2v) is 4.29. The molecule has 0 aliphatic heterocycles. The Balaban J connectivity index is 2.34. The molecule has 0 fully saturated rings. The van der Waals surface area contributed by atoms with Gasteiger partial charge in [-0.05, 0) is 17.2 Å². The second-order valence-electron chi connectivity index (χ2n) is 4.29. The Hall–Kier alpha value is -2.62. The van der Waals surface area contributed by atoms with Crippen molar-refractivity contribution in [2.24, 2.45) is 0 Å². The lowest BCUT2D eigenvalue weighted by Crippen LogP contribution is -1.98. The van der Waals surface area contributed by atoms with E-state index in [-0.39, 0.29) is 0 Å². The van der Waals surface area contributed by atoms with E-state index in [1.807, 2.05) is 36.4 Å². The molecular weight excluding hydrogens is 252 g/mol. The third-order valence-corrected chi connectivity index (χ3v) is 3.13. The van der Waals surface area contributed by atoms with Gasteiger partial charge in [0.2, 0.25) is 5.88 Å². The van der Waals surface area contributed by atoms with Crippen LogP contribution in [0.3, 0.4) is 0 Å². The molecule has 0 saturated heterocycles. The number of rotatable bonds is 3. The van der Waals surface area contributed by atoms with Crippen LogP contribution in [0, 0.1) is 0 Å². The van der Waals surface area contributed by atoms with Crippen molar-refractivity contribution in [3.05, 3.63) is 48.5 Å². The van der Waals surface area contributed by atoms with Crippen molar-refractivity contribution in [1.29, 1.82) is 0 Å². The molecule has 0 amide bonds. The molecule has 3 rings (SSSR count). The molecule has 0 N–H and O–H groups in total. The highest BCUT2D eigenvalue weighted by molar-refractivity contribution is 5.98. The summed E-state index contributed by atoms with van der Waals surface area (Å²) in [4.78, 5) is 8.64. The summed E-state index contributed by atoms with van der Waals surface area (Å²) >= 11 is 0. The highest BCUT2D eigenvalue weighted by Gasteiger charge is 2.13. The van der Waals surface area contributed by atoms with E-state index < -0.39 is 0 Å².